The third kappa shape index (κ3) is 3.59. The van der Waals surface area contributed by atoms with Crippen molar-refractivity contribution in [2.75, 3.05) is 0 Å². The SMILES string of the molecule is CC(C)N(OCc1ccccc1)C(N)=O. The van der Waals surface area contributed by atoms with Crippen LogP contribution >= 0.6 is 0 Å². The molecule has 0 bridgehead atoms. The normalized spacial score (nSPS) is 10.3. The van der Waals surface area contributed by atoms with Gasteiger partial charge in [-0.1, -0.05) is 30.3 Å². The molecule has 0 unspecified atom stereocenters. The summed E-state index contributed by atoms with van der Waals surface area (Å²) in [5, 5.41) is 1.17. The molecule has 0 aromatic heterocycles. The van der Waals surface area contributed by atoms with Crippen molar-refractivity contribution < 1.29 is 9.63 Å². The van der Waals surface area contributed by atoms with E-state index in [1.165, 1.54) is 5.06 Å². The second kappa shape index (κ2) is 5.36. The summed E-state index contributed by atoms with van der Waals surface area (Å²) in [6, 6.07) is 8.99. The largest absolute Gasteiger partial charge is 0.350 e. The highest BCUT2D eigenvalue weighted by atomic mass is 16.7. The lowest BCUT2D eigenvalue weighted by Crippen LogP contribution is -2.40. The van der Waals surface area contributed by atoms with Gasteiger partial charge in [-0.15, -0.1) is 0 Å². The van der Waals surface area contributed by atoms with E-state index < -0.39 is 6.03 Å². The van der Waals surface area contributed by atoms with Crippen molar-refractivity contribution in [2.45, 2.75) is 26.5 Å². The molecule has 1 aromatic rings. The van der Waals surface area contributed by atoms with Gasteiger partial charge < -0.3 is 5.73 Å². The fourth-order valence-electron chi connectivity index (χ4n) is 1.19. The van der Waals surface area contributed by atoms with Crippen LogP contribution in [0.3, 0.4) is 0 Å². The highest BCUT2D eigenvalue weighted by Gasteiger charge is 2.14. The number of nitrogens with two attached hydrogens (primary N) is 1. The number of carbonyl (C=O) groups excluding carboxylic acids is 1. The Morgan fingerprint density at radius 1 is 1.40 bits per heavy atom. The second-order valence-corrected chi connectivity index (χ2v) is 3.52. The van der Waals surface area contributed by atoms with Crippen molar-refractivity contribution in [1.29, 1.82) is 0 Å². The van der Waals surface area contributed by atoms with E-state index in [4.69, 9.17) is 10.6 Å². The van der Waals surface area contributed by atoms with Crippen LogP contribution in [0.4, 0.5) is 4.79 Å². The van der Waals surface area contributed by atoms with Gasteiger partial charge in [-0.25, -0.2) is 9.86 Å². The average Bonchev–Trinajstić information content (AvgIpc) is 2.18. The number of hydrogen-bond donors (Lipinski definition) is 1. The van der Waals surface area contributed by atoms with Crippen LogP contribution in [0.25, 0.3) is 0 Å². The lowest BCUT2D eigenvalue weighted by molar-refractivity contribution is -0.144. The minimum atomic E-state index is -0.569. The van der Waals surface area contributed by atoms with Crippen LogP contribution in [-0.4, -0.2) is 17.1 Å². The highest BCUT2D eigenvalue weighted by Crippen LogP contribution is 2.05. The molecule has 0 saturated heterocycles. The summed E-state index contributed by atoms with van der Waals surface area (Å²) < 4.78 is 0. The second-order valence-electron chi connectivity index (χ2n) is 3.52. The van der Waals surface area contributed by atoms with Gasteiger partial charge in [0.05, 0.1) is 6.04 Å². The smallest absolute Gasteiger partial charge is 0.338 e. The fraction of sp³-hybridized carbons (Fsp3) is 0.364. The Morgan fingerprint density at radius 2 is 2.00 bits per heavy atom. The van der Waals surface area contributed by atoms with E-state index in [1.807, 2.05) is 44.2 Å². The predicted molar refractivity (Wildman–Crippen MR) is 57.8 cm³/mol. The Labute approximate surface area is 89.6 Å². The van der Waals surface area contributed by atoms with Crippen LogP contribution in [0.2, 0.25) is 0 Å². The maximum absolute atomic E-state index is 11.0. The van der Waals surface area contributed by atoms with Crippen LogP contribution in [0.1, 0.15) is 19.4 Å². The molecule has 0 radical (unpaired) electrons. The van der Waals surface area contributed by atoms with E-state index in [9.17, 15) is 4.79 Å². The Kier molecular flexibility index (Phi) is 4.12. The van der Waals surface area contributed by atoms with Crippen LogP contribution in [0, 0.1) is 0 Å². The lowest BCUT2D eigenvalue weighted by Gasteiger charge is -2.23. The van der Waals surface area contributed by atoms with Gasteiger partial charge in [0.1, 0.15) is 6.61 Å². The van der Waals surface area contributed by atoms with Gasteiger partial charge in [-0.3, -0.25) is 4.84 Å². The van der Waals surface area contributed by atoms with Crippen LogP contribution in [-0.2, 0) is 11.4 Å². The monoisotopic (exact) mass is 208 g/mol. The zero-order valence-electron chi connectivity index (χ0n) is 9.01. The first kappa shape index (κ1) is 11.5. The van der Waals surface area contributed by atoms with E-state index in [-0.39, 0.29) is 6.04 Å². The average molecular weight is 208 g/mol. The van der Waals surface area contributed by atoms with Gasteiger partial charge in [0.2, 0.25) is 0 Å². The zero-order valence-corrected chi connectivity index (χ0v) is 9.01. The molecule has 4 heteroatoms. The van der Waals surface area contributed by atoms with Gasteiger partial charge in [-0.2, -0.15) is 0 Å². The predicted octanol–water partition coefficient (Wildman–Crippen LogP) is 1.91. The summed E-state index contributed by atoms with van der Waals surface area (Å²) in [7, 11) is 0. The minimum absolute atomic E-state index is 0.0637. The first-order valence-corrected chi connectivity index (χ1v) is 4.86. The number of hydroxylamine groups is 2. The molecule has 0 aliphatic heterocycles. The summed E-state index contributed by atoms with van der Waals surface area (Å²) in [4.78, 5) is 16.3. The molecule has 0 spiro atoms. The maximum Gasteiger partial charge on any atom is 0.338 e. The number of primary amides is 1. The Balaban J connectivity index is 2.51. The van der Waals surface area contributed by atoms with Crippen molar-refractivity contribution in [3.05, 3.63) is 35.9 Å². The van der Waals surface area contributed by atoms with Gasteiger partial charge in [0.25, 0.3) is 0 Å². The standard InChI is InChI=1S/C11H16N2O2/c1-9(2)13(11(12)14)15-8-10-6-4-3-5-7-10/h3-7,9H,8H2,1-2H3,(H2,12,14). The first-order chi connectivity index (χ1) is 7.11. The topological polar surface area (TPSA) is 55.6 Å². The molecular weight excluding hydrogens is 192 g/mol. The number of hydrogen-bond acceptors (Lipinski definition) is 2. The number of rotatable bonds is 4. The van der Waals surface area contributed by atoms with Crippen molar-refractivity contribution in [3.63, 3.8) is 0 Å². The molecule has 4 nitrogen and oxygen atoms in total. The Bertz CT molecular complexity index is 312. The van der Waals surface area contributed by atoms with Crippen molar-refractivity contribution in [2.24, 2.45) is 5.73 Å². The van der Waals surface area contributed by atoms with Crippen molar-refractivity contribution in [3.8, 4) is 0 Å². The summed E-state index contributed by atoms with van der Waals surface area (Å²) in [5.74, 6) is 0. The first-order valence-electron chi connectivity index (χ1n) is 4.86. The molecular formula is C11H16N2O2. The van der Waals surface area contributed by atoms with Crippen molar-refractivity contribution >= 4 is 6.03 Å². The third-order valence-corrected chi connectivity index (χ3v) is 1.90. The van der Waals surface area contributed by atoms with Gasteiger partial charge in [0.15, 0.2) is 0 Å². The quantitative estimate of drug-likeness (QED) is 0.768. The number of benzene rings is 1. The molecule has 1 rings (SSSR count). The van der Waals surface area contributed by atoms with E-state index in [0.29, 0.717) is 6.61 Å². The number of nitrogens with zero attached hydrogens (tertiary/aromatic N) is 1. The minimum Gasteiger partial charge on any atom is -0.350 e. The number of urea groups is 1. The molecule has 2 amide bonds. The molecule has 0 atom stereocenters. The molecule has 15 heavy (non-hydrogen) atoms. The number of carbonyl (C=O) groups is 1. The van der Waals surface area contributed by atoms with Crippen LogP contribution in [0.15, 0.2) is 30.3 Å². The zero-order chi connectivity index (χ0) is 11.3. The Hall–Kier alpha value is -1.55. The van der Waals surface area contributed by atoms with Crippen LogP contribution in [0.5, 0.6) is 0 Å². The van der Waals surface area contributed by atoms with E-state index in [1.54, 1.807) is 0 Å². The van der Waals surface area contributed by atoms with Gasteiger partial charge >= 0.3 is 6.03 Å². The lowest BCUT2D eigenvalue weighted by atomic mass is 10.2. The van der Waals surface area contributed by atoms with Crippen LogP contribution < -0.4 is 5.73 Å². The number of amides is 2. The molecule has 2 N–H and O–H groups in total. The maximum atomic E-state index is 11.0. The summed E-state index contributed by atoms with van der Waals surface area (Å²) in [6.07, 6.45) is 0. The molecule has 0 aliphatic carbocycles. The molecule has 0 saturated carbocycles. The van der Waals surface area contributed by atoms with Gasteiger partial charge in [0, 0.05) is 0 Å². The summed E-state index contributed by atoms with van der Waals surface area (Å²) in [5.41, 5.74) is 6.17. The highest BCUT2D eigenvalue weighted by molar-refractivity contribution is 5.71. The van der Waals surface area contributed by atoms with E-state index in [2.05, 4.69) is 0 Å². The summed E-state index contributed by atoms with van der Waals surface area (Å²) >= 11 is 0. The molecule has 0 heterocycles. The van der Waals surface area contributed by atoms with E-state index >= 15 is 0 Å². The van der Waals surface area contributed by atoms with Gasteiger partial charge in [-0.05, 0) is 19.4 Å². The summed E-state index contributed by atoms with van der Waals surface area (Å²) in [6.45, 7) is 4.04. The molecule has 82 valence electrons. The fourth-order valence-corrected chi connectivity index (χ4v) is 1.19. The Morgan fingerprint density at radius 3 is 2.47 bits per heavy atom. The van der Waals surface area contributed by atoms with Crippen molar-refractivity contribution in [1.82, 2.24) is 5.06 Å². The molecule has 1 aromatic carbocycles. The molecule has 0 fully saturated rings. The molecule has 0 aliphatic rings. The van der Waals surface area contributed by atoms with E-state index in [0.717, 1.165) is 5.56 Å². The third-order valence-electron chi connectivity index (χ3n) is 1.90.